The van der Waals surface area contributed by atoms with E-state index in [9.17, 15) is 4.79 Å². The molecule has 2 bridgehead atoms. The summed E-state index contributed by atoms with van der Waals surface area (Å²) in [6, 6.07) is 10.5. The zero-order valence-electron chi connectivity index (χ0n) is 16.5. The fourth-order valence-corrected chi connectivity index (χ4v) is 4.68. The molecular weight excluding hydrogens is 326 g/mol. The molecule has 0 radical (unpaired) electrons. The number of ether oxygens (including phenoxy) is 2. The van der Waals surface area contributed by atoms with Gasteiger partial charge in [0.1, 0.15) is 6.61 Å². The van der Waals surface area contributed by atoms with E-state index in [1.807, 2.05) is 19.9 Å². The molecule has 0 aromatic heterocycles. The topological polar surface area (TPSA) is 47.6 Å². The third-order valence-electron chi connectivity index (χ3n) is 6.26. The van der Waals surface area contributed by atoms with Gasteiger partial charge in [-0.3, -0.25) is 0 Å². The molecule has 1 aliphatic carbocycles. The summed E-state index contributed by atoms with van der Waals surface area (Å²) in [4.78, 5) is 12.0. The minimum atomic E-state index is -0.346. The normalized spacial score (nSPS) is 33.5. The molecule has 0 spiro atoms. The minimum Gasteiger partial charge on any atom is -0.449 e. The second-order valence-corrected chi connectivity index (χ2v) is 8.26. The summed E-state index contributed by atoms with van der Waals surface area (Å²) in [7, 11) is 0. The Hall–Kier alpha value is -1.81. The van der Waals surface area contributed by atoms with Gasteiger partial charge in [-0.05, 0) is 38.2 Å². The van der Waals surface area contributed by atoms with Gasteiger partial charge in [-0.15, -0.1) is 0 Å². The number of fused-ring (bicyclic) bond motifs is 2. The maximum absolute atomic E-state index is 12.0. The number of rotatable bonds is 4. The summed E-state index contributed by atoms with van der Waals surface area (Å²) in [5, 5.41) is 2.81. The van der Waals surface area contributed by atoms with Gasteiger partial charge in [0.15, 0.2) is 0 Å². The van der Waals surface area contributed by atoms with Gasteiger partial charge >= 0.3 is 6.09 Å². The van der Waals surface area contributed by atoms with Crippen molar-refractivity contribution < 1.29 is 14.3 Å². The Balaban J connectivity index is 1.84. The fraction of sp³-hybridized carbons (Fsp3) is 0.591. The van der Waals surface area contributed by atoms with E-state index in [4.69, 9.17) is 9.47 Å². The predicted molar refractivity (Wildman–Crippen MR) is 103 cm³/mol. The van der Waals surface area contributed by atoms with Gasteiger partial charge in [0, 0.05) is 17.4 Å². The van der Waals surface area contributed by atoms with Gasteiger partial charge in [-0.1, -0.05) is 55.8 Å². The van der Waals surface area contributed by atoms with Crippen molar-refractivity contribution >= 4 is 6.09 Å². The number of amides is 1. The van der Waals surface area contributed by atoms with E-state index in [0.717, 1.165) is 0 Å². The van der Waals surface area contributed by atoms with Crippen molar-refractivity contribution in [2.45, 2.75) is 46.8 Å². The van der Waals surface area contributed by atoms with E-state index in [1.165, 1.54) is 11.1 Å². The van der Waals surface area contributed by atoms with Crippen molar-refractivity contribution in [1.29, 1.82) is 0 Å². The highest BCUT2D eigenvalue weighted by molar-refractivity contribution is 5.67. The molecule has 142 valence electrons. The number of carbonyl (C=O) groups is 1. The molecule has 0 unspecified atom stereocenters. The van der Waals surface area contributed by atoms with Crippen LogP contribution in [0.4, 0.5) is 4.79 Å². The molecule has 3 rings (SSSR count). The number of carbonyl (C=O) groups excluding carboxylic acids is 1. The zero-order valence-corrected chi connectivity index (χ0v) is 16.5. The molecule has 26 heavy (non-hydrogen) atoms. The molecule has 1 heterocycles. The van der Waals surface area contributed by atoms with Crippen LogP contribution in [0, 0.1) is 23.2 Å². The Kier molecular flexibility index (Phi) is 5.42. The third-order valence-corrected chi connectivity index (χ3v) is 6.26. The van der Waals surface area contributed by atoms with Crippen molar-refractivity contribution in [1.82, 2.24) is 5.32 Å². The highest BCUT2D eigenvalue weighted by atomic mass is 16.6. The van der Waals surface area contributed by atoms with Crippen LogP contribution in [0.3, 0.4) is 0 Å². The highest BCUT2D eigenvalue weighted by Crippen LogP contribution is 2.56. The number of alkyl carbamates (subject to hydrolysis) is 1. The van der Waals surface area contributed by atoms with Crippen LogP contribution >= 0.6 is 0 Å². The first-order chi connectivity index (χ1) is 12.3. The first kappa shape index (κ1) is 19.0. The summed E-state index contributed by atoms with van der Waals surface area (Å²) < 4.78 is 12.0. The van der Waals surface area contributed by atoms with E-state index in [0.29, 0.717) is 31.0 Å². The molecule has 1 amide bonds. The second kappa shape index (κ2) is 7.43. The number of hydrogen-bond acceptors (Lipinski definition) is 3. The van der Waals surface area contributed by atoms with Crippen molar-refractivity contribution in [3.63, 3.8) is 0 Å². The molecule has 1 saturated heterocycles. The first-order valence-corrected chi connectivity index (χ1v) is 9.63. The first-order valence-electron chi connectivity index (χ1n) is 9.63. The van der Waals surface area contributed by atoms with Crippen LogP contribution in [0.5, 0.6) is 0 Å². The van der Waals surface area contributed by atoms with E-state index in [2.05, 4.69) is 56.4 Å². The highest BCUT2D eigenvalue weighted by Gasteiger charge is 2.54. The molecule has 4 nitrogen and oxygen atoms in total. The Labute approximate surface area is 157 Å². The van der Waals surface area contributed by atoms with Crippen molar-refractivity contribution in [2.24, 2.45) is 23.2 Å². The maximum Gasteiger partial charge on any atom is 0.407 e. The molecular formula is C22H31NO3. The molecule has 4 heteroatoms. The lowest BCUT2D eigenvalue weighted by Crippen LogP contribution is -2.55. The quantitative estimate of drug-likeness (QED) is 0.793. The average molecular weight is 357 g/mol. The summed E-state index contributed by atoms with van der Waals surface area (Å²) >= 11 is 0. The van der Waals surface area contributed by atoms with Crippen LogP contribution < -0.4 is 5.32 Å². The molecule has 1 aromatic rings. The minimum absolute atomic E-state index is 0.0626. The van der Waals surface area contributed by atoms with Crippen LogP contribution in [-0.2, 0) is 9.47 Å². The summed E-state index contributed by atoms with van der Waals surface area (Å²) in [6.45, 7) is 11.6. The van der Waals surface area contributed by atoms with Crippen LogP contribution in [0.25, 0.3) is 0 Å². The van der Waals surface area contributed by atoms with Crippen molar-refractivity contribution in [2.75, 3.05) is 13.2 Å². The van der Waals surface area contributed by atoms with E-state index in [-0.39, 0.29) is 23.7 Å². The van der Waals surface area contributed by atoms with Crippen LogP contribution in [0.2, 0.25) is 0 Å². The largest absolute Gasteiger partial charge is 0.449 e. The van der Waals surface area contributed by atoms with E-state index < -0.39 is 0 Å². The maximum atomic E-state index is 12.0. The molecule has 5 atom stereocenters. The fourth-order valence-electron chi connectivity index (χ4n) is 4.68. The summed E-state index contributed by atoms with van der Waals surface area (Å²) in [6.07, 6.45) is 2.07. The third kappa shape index (κ3) is 3.39. The lowest BCUT2D eigenvalue weighted by atomic mass is 9.56. The number of allylic oxidation sites excluding steroid dienone is 1. The van der Waals surface area contributed by atoms with Gasteiger partial charge < -0.3 is 14.8 Å². The van der Waals surface area contributed by atoms with Crippen LogP contribution in [0.1, 0.15) is 46.3 Å². The molecule has 1 aromatic carbocycles. The van der Waals surface area contributed by atoms with Gasteiger partial charge in [-0.2, -0.15) is 0 Å². The average Bonchev–Trinajstić information content (AvgIpc) is 2.59. The summed E-state index contributed by atoms with van der Waals surface area (Å²) in [5.41, 5.74) is 2.42. The van der Waals surface area contributed by atoms with Gasteiger partial charge in [-0.25, -0.2) is 4.79 Å². The van der Waals surface area contributed by atoms with Crippen LogP contribution in [-0.4, -0.2) is 25.3 Å². The Morgan fingerprint density at radius 2 is 2.00 bits per heavy atom. The molecule has 1 N–H and O–H groups in total. The number of nitrogens with one attached hydrogen (secondary N) is 1. The second-order valence-electron chi connectivity index (χ2n) is 8.26. The zero-order chi connectivity index (χ0) is 18.9. The lowest BCUT2D eigenvalue weighted by molar-refractivity contribution is -0.165. The number of benzene rings is 1. The SMILES string of the molecule is CC1=C[C@H](C)[C@]2(COC(=O)NC(C)C)CO[C@H](c3ccccc3)[C@H]1[C@H]2C. The molecule has 0 saturated carbocycles. The van der Waals surface area contributed by atoms with Crippen molar-refractivity contribution in [3.05, 3.63) is 47.5 Å². The van der Waals surface area contributed by atoms with Gasteiger partial charge in [0.25, 0.3) is 0 Å². The van der Waals surface area contributed by atoms with E-state index >= 15 is 0 Å². The van der Waals surface area contributed by atoms with Crippen molar-refractivity contribution in [3.8, 4) is 0 Å². The van der Waals surface area contributed by atoms with Crippen LogP contribution in [0.15, 0.2) is 42.0 Å². The monoisotopic (exact) mass is 357 g/mol. The summed E-state index contributed by atoms with van der Waals surface area (Å²) in [5.74, 6) is 0.977. The van der Waals surface area contributed by atoms with Gasteiger partial charge in [0.2, 0.25) is 0 Å². The van der Waals surface area contributed by atoms with Gasteiger partial charge in [0.05, 0.1) is 12.7 Å². The lowest BCUT2D eigenvalue weighted by Gasteiger charge is -2.55. The Morgan fingerprint density at radius 1 is 1.31 bits per heavy atom. The number of hydrogen-bond donors (Lipinski definition) is 1. The Morgan fingerprint density at radius 3 is 2.65 bits per heavy atom. The molecule has 2 aliphatic rings. The molecule has 1 fully saturated rings. The Bertz CT molecular complexity index is 669. The molecule has 1 aliphatic heterocycles. The smallest absolute Gasteiger partial charge is 0.407 e. The predicted octanol–water partition coefficient (Wildman–Crippen LogP) is 4.73. The standard InChI is InChI=1S/C22H31NO3/c1-14(2)23-21(24)26-13-22-12-25-20(18-9-7-6-8-10-18)19(17(22)5)15(3)11-16(22)4/h6-11,14,16-17,19-20H,12-13H2,1-5H3,(H,23,24)/t16-,17+,19+,20+,22+/m0/s1. The van der Waals surface area contributed by atoms with E-state index in [1.54, 1.807) is 0 Å².